The summed E-state index contributed by atoms with van der Waals surface area (Å²) in [5.74, 6) is -0.793. The molecule has 1 aromatic rings. The van der Waals surface area contributed by atoms with Crippen LogP contribution in [0.15, 0.2) is 23.1 Å². The summed E-state index contributed by atoms with van der Waals surface area (Å²) >= 11 is 5.72. The molecule has 0 bridgehead atoms. The lowest BCUT2D eigenvalue weighted by atomic mass is 10.1. The molecule has 2 rings (SSSR count). The third-order valence-corrected chi connectivity index (χ3v) is 5.05. The maximum Gasteiger partial charge on any atom is 0.246 e. The van der Waals surface area contributed by atoms with Crippen molar-refractivity contribution >= 4 is 21.6 Å². The Labute approximate surface area is 111 Å². The Morgan fingerprint density at radius 3 is 2.83 bits per heavy atom. The van der Waals surface area contributed by atoms with Gasteiger partial charge in [0.1, 0.15) is 10.7 Å². The predicted octanol–water partition coefficient (Wildman–Crippen LogP) is 1.59. The fourth-order valence-corrected chi connectivity index (χ4v) is 3.87. The Balaban J connectivity index is 2.38. The van der Waals surface area contributed by atoms with E-state index in [9.17, 15) is 12.8 Å². The van der Waals surface area contributed by atoms with E-state index in [0.717, 1.165) is 18.6 Å². The molecule has 0 radical (unpaired) electrons. The molecule has 2 N–H and O–H groups in total. The van der Waals surface area contributed by atoms with Crippen molar-refractivity contribution in [1.29, 1.82) is 0 Å². The van der Waals surface area contributed by atoms with E-state index in [1.807, 2.05) is 0 Å². The Kier molecular flexibility index (Phi) is 3.91. The third kappa shape index (κ3) is 2.66. The minimum absolute atomic E-state index is 0.191. The van der Waals surface area contributed by atoms with Crippen LogP contribution >= 0.6 is 11.6 Å². The quantitative estimate of drug-likeness (QED) is 0.900. The molecule has 100 valence electrons. The second-order valence-corrected chi connectivity index (χ2v) is 6.68. The van der Waals surface area contributed by atoms with E-state index < -0.39 is 15.8 Å². The first-order chi connectivity index (χ1) is 8.41. The zero-order valence-electron chi connectivity index (χ0n) is 9.64. The lowest BCUT2D eigenvalue weighted by Gasteiger charge is -2.29. The van der Waals surface area contributed by atoms with Crippen LogP contribution in [0.1, 0.15) is 12.8 Å². The molecule has 0 spiro atoms. The van der Waals surface area contributed by atoms with Crippen molar-refractivity contribution in [2.75, 3.05) is 13.1 Å². The van der Waals surface area contributed by atoms with E-state index in [0.29, 0.717) is 13.0 Å². The van der Waals surface area contributed by atoms with Gasteiger partial charge in [0.25, 0.3) is 0 Å². The van der Waals surface area contributed by atoms with E-state index in [1.54, 1.807) is 0 Å². The number of sulfonamides is 1. The lowest BCUT2D eigenvalue weighted by molar-refractivity contribution is 0.315. The van der Waals surface area contributed by atoms with Gasteiger partial charge in [-0.3, -0.25) is 0 Å². The van der Waals surface area contributed by atoms with Crippen molar-refractivity contribution in [3.05, 3.63) is 29.0 Å². The molecule has 1 aliphatic heterocycles. The molecule has 1 aliphatic rings. The van der Waals surface area contributed by atoms with Crippen LogP contribution in [0.2, 0.25) is 5.02 Å². The van der Waals surface area contributed by atoms with Gasteiger partial charge in [-0.05, 0) is 31.0 Å². The lowest BCUT2D eigenvalue weighted by Crippen LogP contribution is -2.45. The standard InChI is InChI=1S/C11H14ClFN2O2S/c12-8-3-4-10(13)11(6-8)18(16,17)15-5-1-2-9(14)7-15/h3-4,6,9H,1-2,5,7,14H2/t9-/m1/s1. The molecule has 1 saturated heterocycles. The van der Waals surface area contributed by atoms with Crippen LogP contribution in [0.5, 0.6) is 0 Å². The average Bonchev–Trinajstić information content (AvgIpc) is 2.32. The van der Waals surface area contributed by atoms with Gasteiger partial charge in [0.05, 0.1) is 0 Å². The maximum atomic E-state index is 13.6. The number of rotatable bonds is 2. The maximum absolute atomic E-state index is 13.6. The van der Waals surface area contributed by atoms with Crippen LogP contribution in [0, 0.1) is 5.82 Å². The summed E-state index contributed by atoms with van der Waals surface area (Å²) in [6.45, 7) is 0.580. The average molecular weight is 293 g/mol. The highest BCUT2D eigenvalue weighted by atomic mass is 35.5. The van der Waals surface area contributed by atoms with E-state index >= 15 is 0 Å². The Hall–Kier alpha value is -0.690. The van der Waals surface area contributed by atoms with Gasteiger partial charge in [-0.2, -0.15) is 4.31 Å². The smallest absolute Gasteiger partial charge is 0.246 e. The molecule has 0 amide bonds. The summed E-state index contributed by atoms with van der Waals surface area (Å²) in [5.41, 5.74) is 5.74. The van der Waals surface area contributed by atoms with Crippen molar-refractivity contribution in [3.63, 3.8) is 0 Å². The number of nitrogens with zero attached hydrogens (tertiary/aromatic N) is 1. The zero-order chi connectivity index (χ0) is 13.3. The van der Waals surface area contributed by atoms with Crippen LogP contribution < -0.4 is 5.73 Å². The molecule has 18 heavy (non-hydrogen) atoms. The Bertz CT molecular complexity index is 550. The van der Waals surface area contributed by atoms with Crippen LogP contribution in [0.3, 0.4) is 0 Å². The summed E-state index contributed by atoms with van der Waals surface area (Å²) in [4.78, 5) is -0.385. The molecule has 1 atom stereocenters. The summed E-state index contributed by atoms with van der Waals surface area (Å²) in [5, 5.41) is 0.191. The van der Waals surface area contributed by atoms with Gasteiger partial charge in [-0.25, -0.2) is 12.8 Å². The summed E-state index contributed by atoms with van der Waals surface area (Å²) < 4.78 is 39.4. The molecule has 0 saturated carbocycles. The van der Waals surface area contributed by atoms with Gasteiger partial charge in [-0.15, -0.1) is 0 Å². The molecule has 0 aliphatic carbocycles. The second kappa shape index (κ2) is 5.13. The topological polar surface area (TPSA) is 63.4 Å². The number of hydrogen-bond acceptors (Lipinski definition) is 3. The molecule has 1 aromatic carbocycles. The predicted molar refractivity (Wildman–Crippen MR) is 67.4 cm³/mol. The van der Waals surface area contributed by atoms with Crippen molar-refractivity contribution in [3.8, 4) is 0 Å². The van der Waals surface area contributed by atoms with Gasteiger partial charge in [0.15, 0.2) is 0 Å². The molecule has 1 fully saturated rings. The first kappa shape index (κ1) is 13.7. The fraction of sp³-hybridized carbons (Fsp3) is 0.455. The zero-order valence-corrected chi connectivity index (χ0v) is 11.2. The number of halogens is 2. The Morgan fingerprint density at radius 1 is 1.44 bits per heavy atom. The minimum Gasteiger partial charge on any atom is -0.327 e. The molecule has 1 heterocycles. The van der Waals surface area contributed by atoms with Gasteiger partial charge in [0, 0.05) is 24.2 Å². The molecule has 4 nitrogen and oxygen atoms in total. The highest BCUT2D eigenvalue weighted by molar-refractivity contribution is 7.89. The summed E-state index contributed by atoms with van der Waals surface area (Å²) in [6, 6.07) is 3.30. The van der Waals surface area contributed by atoms with Gasteiger partial charge < -0.3 is 5.73 Å². The fourth-order valence-electron chi connectivity index (χ4n) is 2.01. The third-order valence-electron chi connectivity index (χ3n) is 2.93. The first-order valence-electron chi connectivity index (χ1n) is 5.62. The normalized spacial score (nSPS) is 22.1. The number of benzene rings is 1. The van der Waals surface area contributed by atoms with E-state index in [1.165, 1.54) is 10.4 Å². The van der Waals surface area contributed by atoms with Gasteiger partial charge >= 0.3 is 0 Å². The molecular formula is C11H14ClFN2O2S. The van der Waals surface area contributed by atoms with E-state index in [-0.39, 0.29) is 22.5 Å². The number of hydrogen-bond donors (Lipinski definition) is 1. The highest BCUT2D eigenvalue weighted by Crippen LogP contribution is 2.25. The van der Waals surface area contributed by atoms with Gasteiger partial charge in [-0.1, -0.05) is 11.6 Å². The van der Waals surface area contributed by atoms with Crippen LogP contribution in [-0.2, 0) is 10.0 Å². The molecule has 0 aromatic heterocycles. The van der Waals surface area contributed by atoms with Crippen molar-refractivity contribution in [2.24, 2.45) is 5.73 Å². The van der Waals surface area contributed by atoms with Crippen LogP contribution in [0.25, 0.3) is 0 Å². The van der Waals surface area contributed by atoms with E-state index in [4.69, 9.17) is 17.3 Å². The summed E-state index contributed by atoms with van der Waals surface area (Å²) in [7, 11) is -3.85. The molecule has 7 heteroatoms. The van der Waals surface area contributed by atoms with Gasteiger partial charge in [0.2, 0.25) is 10.0 Å². The largest absolute Gasteiger partial charge is 0.327 e. The van der Waals surface area contributed by atoms with Crippen molar-refractivity contribution in [1.82, 2.24) is 4.31 Å². The first-order valence-corrected chi connectivity index (χ1v) is 7.44. The number of piperidine rings is 1. The number of nitrogens with two attached hydrogens (primary N) is 1. The van der Waals surface area contributed by atoms with Crippen molar-refractivity contribution in [2.45, 2.75) is 23.8 Å². The van der Waals surface area contributed by atoms with Crippen molar-refractivity contribution < 1.29 is 12.8 Å². The second-order valence-electron chi connectivity index (χ2n) is 4.34. The monoisotopic (exact) mass is 292 g/mol. The van der Waals surface area contributed by atoms with E-state index in [2.05, 4.69) is 0 Å². The van der Waals surface area contributed by atoms with Crippen LogP contribution in [-0.4, -0.2) is 31.9 Å². The summed E-state index contributed by atoms with van der Waals surface area (Å²) in [6.07, 6.45) is 1.46. The molecule has 0 unspecified atom stereocenters. The van der Waals surface area contributed by atoms with Crippen LogP contribution in [0.4, 0.5) is 4.39 Å². The minimum atomic E-state index is -3.85. The Morgan fingerprint density at radius 2 is 2.17 bits per heavy atom. The molecular weight excluding hydrogens is 279 g/mol. The highest BCUT2D eigenvalue weighted by Gasteiger charge is 2.31. The SMILES string of the molecule is N[C@@H]1CCCN(S(=O)(=O)c2cc(Cl)ccc2F)C1.